The molecular formula is C20H22N2O2S. The van der Waals surface area contributed by atoms with Crippen molar-refractivity contribution in [1.29, 1.82) is 0 Å². The first-order chi connectivity index (χ1) is 11.8. The van der Waals surface area contributed by atoms with Gasteiger partial charge in [-0.3, -0.25) is 4.72 Å². The molecule has 25 heavy (non-hydrogen) atoms. The molecule has 0 saturated carbocycles. The van der Waals surface area contributed by atoms with Gasteiger partial charge in [-0.2, -0.15) is 0 Å². The van der Waals surface area contributed by atoms with Crippen molar-refractivity contribution in [3.05, 3.63) is 65.7 Å². The van der Waals surface area contributed by atoms with Crippen molar-refractivity contribution in [3.63, 3.8) is 0 Å². The first-order valence-electron chi connectivity index (χ1n) is 8.09. The van der Waals surface area contributed by atoms with E-state index in [9.17, 15) is 8.42 Å². The van der Waals surface area contributed by atoms with Gasteiger partial charge in [0.05, 0.1) is 4.90 Å². The van der Waals surface area contributed by atoms with Crippen LogP contribution in [0.4, 0.5) is 11.4 Å². The summed E-state index contributed by atoms with van der Waals surface area (Å²) in [5.41, 5.74) is 3.74. The highest BCUT2D eigenvalue weighted by molar-refractivity contribution is 7.93. The summed E-state index contributed by atoms with van der Waals surface area (Å²) in [6, 6.07) is 16.6. The van der Waals surface area contributed by atoms with Gasteiger partial charge in [-0.1, -0.05) is 30.3 Å². The number of anilines is 2. The Morgan fingerprint density at radius 3 is 2.20 bits per heavy atom. The molecule has 1 N–H and O–H groups in total. The standard InChI is InChI=1S/C20H22N2O2S/c1-14-11-12-16(13-15(14)2)21-25(23,24)20-10-6-7-17-18(20)8-5-9-19(17)22(3)4/h5-13,21H,1-4H3. The molecule has 0 atom stereocenters. The van der Waals surface area contributed by atoms with Crippen LogP contribution in [0.3, 0.4) is 0 Å². The average molecular weight is 354 g/mol. The molecule has 0 aliphatic rings. The first-order valence-corrected chi connectivity index (χ1v) is 9.57. The molecule has 0 fully saturated rings. The largest absolute Gasteiger partial charge is 0.377 e. The lowest BCUT2D eigenvalue weighted by Gasteiger charge is -2.17. The Kier molecular flexibility index (Phi) is 4.43. The van der Waals surface area contributed by atoms with Crippen molar-refractivity contribution in [1.82, 2.24) is 0 Å². The molecule has 0 amide bonds. The Hall–Kier alpha value is -2.53. The van der Waals surface area contributed by atoms with E-state index in [0.29, 0.717) is 11.1 Å². The van der Waals surface area contributed by atoms with Crippen molar-refractivity contribution in [2.45, 2.75) is 18.7 Å². The third kappa shape index (κ3) is 3.33. The third-order valence-electron chi connectivity index (χ3n) is 4.39. The van der Waals surface area contributed by atoms with E-state index in [0.717, 1.165) is 22.2 Å². The van der Waals surface area contributed by atoms with Crippen molar-refractivity contribution in [2.24, 2.45) is 0 Å². The minimum Gasteiger partial charge on any atom is -0.377 e. The Labute approximate surface area is 149 Å². The number of sulfonamides is 1. The summed E-state index contributed by atoms with van der Waals surface area (Å²) in [6.45, 7) is 3.97. The smallest absolute Gasteiger partial charge is 0.262 e. The summed E-state index contributed by atoms with van der Waals surface area (Å²) in [7, 11) is 0.215. The van der Waals surface area contributed by atoms with E-state index < -0.39 is 10.0 Å². The van der Waals surface area contributed by atoms with Crippen molar-refractivity contribution in [2.75, 3.05) is 23.7 Å². The van der Waals surface area contributed by atoms with E-state index in [1.165, 1.54) is 0 Å². The minimum absolute atomic E-state index is 0.284. The molecule has 0 bridgehead atoms. The average Bonchev–Trinajstić information content (AvgIpc) is 2.56. The van der Waals surface area contributed by atoms with Crippen LogP contribution in [0.2, 0.25) is 0 Å². The molecule has 4 nitrogen and oxygen atoms in total. The fourth-order valence-electron chi connectivity index (χ4n) is 2.90. The van der Waals surface area contributed by atoms with Gasteiger partial charge in [0.1, 0.15) is 0 Å². The van der Waals surface area contributed by atoms with Crippen LogP contribution < -0.4 is 9.62 Å². The number of nitrogens with zero attached hydrogens (tertiary/aromatic N) is 1. The molecule has 0 heterocycles. The number of hydrogen-bond donors (Lipinski definition) is 1. The fraction of sp³-hybridized carbons (Fsp3) is 0.200. The Morgan fingerprint density at radius 1 is 0.840 bits per heavy atom. The summed E-state index contributed by atoms with van der Waals surface area (Å²) in [4.78, 5) is 2.27. The molecule has 0 radical (unpaired) electrons. The zero-order chi connectivity index (χ0) is 18.2. The maximum atomic E-state index is 13.0. The van der Waals surface area contributed by atoms with Crippen molar-refractivity contribution in [3.8, 4) is 0 Å². The summed E-state index contributed by atoms with van der Waals surface area (Å²) in [6.07, 6.45) is 0. The summed E-state index contributed by atoms with van der Waals surface area (Å²) in [5, 5.41) is 1.63. The zero-order valence-corrected chi connectivity index (χ0v) is 15.7. The number of hydrogen-bond acceptors (Lipinski definition) is 3. The molecule has 3 aromatic carbocycles. The van der Waals surface area contributed by atoms with Crippen molar-refractivity contribution < 1.29 is 8.42 Å². The van der Waals surface area contributed by atoms with Crippen molar-refractivity contribution >= 4 is 32.2 Å². The fourth-order valence-corrected chi connectivity index (χ4v) is 4.18. The van der Waals surface area contributed by atoms with Crippen LogP contribution in [-0.2, 0) is 10.0 Å². The third-order valence-corrected chi connectivity index (χ3v) is 5.83. The van der Waals surface area contributed by atoms with E-state index in [4.69, 9.17) is 0 Å². The second-order valence-electron chi connectivity index (χ2n) is 6.43. The van der Waals surface area contributed by atoms with Gasteiger partial charge < -0.3 is 4.90 Å². The van der Waals surface area contributed by atoms with E-state index in [1.54, 1.807) is 18.2 Å². The van der Waals surface area contributed by atoms with E-state index >= 15 is 0 Å². The SMILES string of the molecule is Cc1ccc(NS(=O)(=O)c2cccc3c(N(C)C)cccc23)cc1C. The van der Waals surface area contributed by atoms with Gasteiger partial charge in [-0.25, -0.2) is 8.42 Å². The molecule has 0 aliphatic heterocycles. The number of benzene rings is 3. The Balaban J connectivity index is 2.11. The van der Waals surface area contributed by atoms with Gasteiger partial charge in [-0.15, -0.1) is 0 Å². The van der Waals surface area contributed by atoms with Gasteiger partial charge in [0, 0.05) is 36.2 Å². The quantitative estimate of drug-likeness (QED) is 0.759. The van der Waals surface area contributed by atoms with Crippen LogP contribution in [0.25, 0.3) is 10.8 Å². The summed E-state index contributed by atoms with van der Waals surface area (Å²) in [5.74, 6) is 0. The van der Waals surface area contributed by atoms with Gasteiger partial charge in [0.25, 0.3) is 10.0 Å². The summed E-state index contributed by atoms with van der Waals surface area (Å²) >= 11 is 0. The monoisotopic (exact) mass is 354 g/mol. The van der Waals surface area contributed by atoms with Crippen LogP contribution >= 0.6 is 0 Å². The molecule has 0 saturated heterocycles. The Bertz CT molecular complexity index is 1040. The zero-order valence-electron chi connectivity index (χ0n) is 14.9. The molecule has 3 rings (SSSR count). The Morgan fingerprint density at radius 2 is 1.52 bits per heavy atom. The number of aryl methyl sites for hydroxylation is 2. The second-order valence-corrected chi connectivity index (χ2v) is 8.08. The molecule has 0 aliphatic carbocycles. The summed E-state index contributed by atoms with van der Waals surface area (Å²) < 4.78 is 28.6. The molecule has 5 heteroatoms. The van der Waals surface area contributed by atoms with Gasteiger partial charge in [0.15, 0.2) is 0 Å². The second kappa shape index (κ2) is 6.41. The van der Waals surface area contributed by atoms with Crippen LogP contribution in [0.1, 0.15) is 11.1 Å². The van der Waals surface area contributed by atoms with Gasteiger partial charge in [-0.05, 0) is 49.2 Å². The van der Waals surface area contributed by atoms with Crippen LogP contribution in [0.15, 0.2) is 59.5 Å². The maximum absolute atomic E-state index is 13.0. The lowest BCUT2D eigenvalue weighted by Crippen LogP contribution is -2.14. The molecule has 0 unspecified atom stereocenters. The highest BCUT2D eigenvalue weighted by atomic mass is 32.2. The lowest BCUT2D eigenvalue weighted by atomic mass is 10.1. The highest BCUT2D eigenvalue weighted by Crippen LogP contribution is 2.31. The number of nitrogens with one attached hydrogen (secondary N) is 1. The molecule has 130 valence electrons. The van der Waals surface area contributed by atoms with E-state index in [-0.39, 0.29) is 4.90 Å². The number of fused-ring (bicyclic) bond motifs is 1. The molecule has 0 aromatic heterocycles. The molecular weight excluding hydrogens is 332 g/mol. The minimum atomic E-state index is -3.68. The molecule has 0 spiro atoms. The van der Waals surface area contributed by atoms with E-state index in [1.807, 2.05) is 69.2 Å². The first kappa shape index (κ1) is 17.3. The van der Waals surface area contributed by atoms with E-state index in [2.05, 4.69) is 4.72 Å². The van der Waals surface area contributed by atoms with Crippen LogP contribution in [0, 0.1) is 13.8 Å². The van der Waals surface area contributed by atoms with Crippen LogP contribution in [0.5, 0.6) is 0 Å². The lowest BCUT2D eigenvalue weighted by molar-refractivity contribution is 0.602. The topological polar surface area (TPSA) is 49.4 Å². The maximum Gasteiger partial charge on any atom is 0.262 e. The molecule has 3 aromatic rings. The van der Waals surface area contributed by atoms with Gasteiger partial charge >= 0.3 is 0 Å². The highest BCUT2D eigenvalue weighted by Gasteiger charge is 2.18. The van der Waals surface area contributed by atoms with Gasteiger partial charge in [0.2, 0.25) is 0 Å². The number of rotatable bonds is 4. The van der Waals surface area contributed by atoms with Crippen LogP contribution in [-0.4, -0.2) is 22.5 Å². The normalized spacial score (nSPS) is 11.5. The predicted octanol–water partition coefficient (Wildman–Crippen LogP) is 4.32. The predicted molar refractivity (Wildman–Crippen MR) is 105 cm³/mol.